The van der Waals surface area contributed by atoms with Crippen LogP contribution >= 0.6 is 11.6 Å². The van der Waals surface area contributed by atoms with Gasteiger partial charge in [0.05, 0.1) is 12.3 Å². The van der Waals surface area contributed by atoms with Gasteiger partial charge in [0, 0.05) is 5.02 Å². The molecule has 62 valence electrons. The van der Waals surface area contributed by atoms with E-state index in [0.29, 0.717) is 13.3 Å². The molecular weight excluding hydrogens is 174 g/mol. The van der Waals surface area contributed by atoms with Gasteiger partial charge in [-0.3, -0.25) is 4.99 Å². The van der Waals surface area contributed by atoms with Crippen LogP contribution in [0.25, 0.3) is 0 Å². The highest BCUT2D eigenvalue weighted by atomic mass is 35.5. The Labute approximate surface area is 75.8 Å². The third kappa shape index (κ3) is 1.49. The fourth-order valence-corrected chi connectivity index (χ4v) is 1.25. The Morgan fingerprint density at radius 2 is 2.00 bits per heavy atom. The summed E-state index contributed by atoms with van der Waals surface area (Å²) in [5.74, 6) is 0. The molecule has 1 aliphatic heterocycles. The predicted molar refractivity (Wildman–Crippen MR) is 48.8 cm³/mol. The molecule has 3 heteroatoms. The highest BCUT2D eigenvalue weighted by Crippen LogP contribution is 2.12. The second-order valence-corrected chi connectivity index (χ2v) is 3.03. The van der Waals surface area contributed by atoms with E-state index in [9.17, 15) is 0 Å². The van der Waals surface area contributed by atoms with E-state index in [2.05, 4.69) is 4.99 Å². The summed E-state index contributed by atoms with van der Waals surface area (Å²) in [6.45, 7) is 1.10. The second kappa shape index (κ2) is 3.25. The molecule has 0 fully saturated rings. The topological polar surface area (TPSA) is 21.6 Å². The molecular formula is C9H8ClNO. The Balaban J connectivity index is 2.28. The zero-order chi connectivity index (χ0) is 8.39. The van der Waals surface area contributed by atoms with Crippen LogP contribution in [0.1, 0.15) is 5.56 Å². The molecule has 0 spiro atoms. The lowest BCUT2D eigenvalue weighted by atomic mass is 10.1. The van der Waals surface area contributed by atoms with Gasteiger partial charge in [0.1, 0.15) is 6.73 Å². The van der Waals surface area contributed by atoms with E-state index in [4.69, 9.17) is 16.3 Å². The largest absolute Gasteiger partial charge is 0.353 e. The zero-order valence-corrected chi connectivity index (χ0v) is 7.21. The van der Waals surface area contributed by atoms with Crippen LogP contribution in [0, 0.1) is 0 Å². The van der Waals surface area contributed by atoms with Crippen molar-refractivity contribution in [2.45, 2.75) is 0 Å². The van der Waals surface area contributed by atoms with E-state index in [0.717, 1.165) is 16.3 Å². The Morgan fingerprint density at radius 3 is 2.58 bits per heavy atom. The van der Waals surface area contributed by atoms with E-state index in [-0.39, 0.29) is 0 Å². The van der Waals surface area contributed by atoms with Crippen LogP contribution in [0.2, 0.25) is 5.02 Å². The second-order valence-electron chi connectivity index (χ2n) is 2.59. The van der Waals surface area contributed by atoms with Crippen molar-refractivity contribution >= 4 is 17.3 Å². The average molecular weight is 182 g/mol. The van der Waals surface area contributed by atoms with Crippen molar-refractivity contribution in [1.82, 2.24) is 0 Å². The Kier molecular flexibility index (Phi) is 2.11. The van der Waals surface area contributed by atoms with Gasteiger partial charge in [0.2, 0.25) is 0 Å². The molecule has 1 aromatic rings. The van der Waals surface area contributed by atoms with Gasteiger partial charge in [-0.05, 0) is 17.7 Å². The smallest absolute Gasteiger partial charge is 0.138 e. The van der Waals surface area contributed by atoms with Gasteiger partial charge >= 0.3 is 0 Å². The lowest BCUT2D eigenvalue weighted by molar-refractivity contribution is 0.202. The standard InChI is InChI=1S/C9H8ClNO/c10-8-3-1-7(2-4-8)9-5-12-6-11-9/h1-4H,5-6H2. The van der Waals surface area contributed by atoms with Gasteiger partial charge in [-0.15, -0.1) is 0 Å². The van der Waals surface area contributed by atoms with Gasteiger partial charge < -0.3 is 4.74 Å². The van der Waals surface area contributed by atoms with E-state index < -0.39 is 0 Å². The van der Waals surface area contributed by atoms with Crippen molar-refractivity contribution in [1.29, 1.82) is 0 Å². The first-order valence-corrected chi connectivity index (χ1v) is 4.11. The molecule has 0 atom stereocenters. The van der Waals surface area contributed by atoms with Crippen LogP contribution in [0.5, 0.6) is 0 Å². The molecule has 0 saturated heterocycles. The number of benzene rings is 1. The number of nitrogens with zero attached hydrogens (tertiary/aromatic N) is 1. The summed E-state index contributed by atoms with van der Waals surface area (Å²) in [6.07, 6.45) is 0. The number of hydrogen-bond donors (Lipinski definition) is 0. The van der Waals surface area contributed by atoms with Crippen LogP contribution in [-0.4, -0.2) is 19.0 Å². The maximum atomic E-state index is 5.75. The highest BCUT2D eigenvalue weighted by Gasteiger charge is 2.07. The van der Waals surface area contributed by atoms with Crippen LogP contribution in [0.3, 0.4) is 0 Å². The van der Waals surface area contributed by atoms with Gasteiger partial charge in [0.15, 0.2) is 0 Å². The van der Waals surface area contributed by atoms with E-state index >= 15 is 0 Å². The molecule has 1 heterocycles. The average Bonchev–Trinajstić information content (AvgIpc) is 2.58. The normalized spacial score (nSPS) is 16.2. The summed E-state index contributed by atoms with van der Waals surface area (Å²) >= 11 is 5.75. The molecule has 2 rings (SSSR count). The van der Waals surface area contributed by atoms with Crippen molar-refractivity contribution < 1.29 is 4.74 Å². The van der Waals surface area contributed by atoms with Crippen molar-refractivity contribution in [2.24, 2.45) is 4.99 Å². The minimum absolute atomic E-state index is 0.484. The molecule has 1 aromatic carbocycles. The lowest BCUT2D eigenvalue weighted by Gasteiger charge is -1.98. The first kappa shape index (κ1) is 7.77. The SMILES string of the molecule is Clc1ccc(C2=NCOC2)cc1. The summed E-state index contributed by atoms with van der Waals surface area (Å²) in [4.78, 5) is 4.19. The first-order chi connectivity index (χ1) is 5.86. The van der Waals surface area contributed by atoms with Crippen LogP contribution in [-0.2, 0) is 4.74 Å². The Bertz CT molecular complexity index is 305. The summed E-state index contributed by atoms with van der Waals surface area (Å²) in [5, 5.41) is 0.748. The molecule has 1 aliphatic rings. The Hall–Kier alpha value is -0.860. The summed E-state index contributed by atoms with van der Waals surface area (Å²) in [6, 6.07) is 7.63. The Morgan fingerprint density at radius 1 is 1.25 bits per heavy atom. The van der Waals surface area contributed by atoms with Gasteiger partial charge in [-0.2, -0.15) is 0 Å². The van der Waals surface area contributed by atoms with Gasteiger partial charge in [0.25, 0.3) is 0 Å². The third-order valence-corrected chi connectivity index (χ3v) is 2.01. The minimum Gasteiger partial charge on any atom is -0.353 e. The van der Waals surface area contributed by atoms with Crippen molar-refractivity contribution in [3.63, 3.8) is 0 Å². The molecule has 0 bridgehead atoms. The van der Waals surface area contributed by atoms with Crippen LogP contribution < -0.4 is 0 Å². The zero-order valence-electron chi connectivity index (χ0n) is 6.46. The highest BCUT2D eigenvalue weighted by molar-refractivity contribution is 6.30. The van der Waals surface area contributed by atoms with Crippen LogP contribution in [0.15, 0.2) is 29.3 Å². The molecule has 12 heavy (non-hydrogen) atoms. The number of hydrogen-bond acceptors (Lipinski definition) is 2. The fraction of sp³-hybridized carbons (Fsp3) is 0.222. The third-order valence-electron chi connectivity index (χ3n) is 1.76. The minimum atomic E-state index is 0.484. The van der Waals surface area contributed by atoms with E-state index in [1.807, 2.05) is 24.3 Å². The van der Waals surface area contributed by atoms with Crippen LogP contribution in [0.4, 0.5) is 0 Å². The van der Waals surface area contributed by atoms with Crippen molar-refractivity contribution in [3.05, 3.63) is 34.9 Å². The number of rotatable bonds is 1. The van der Waals surface area contributed by atoms with Gasteiger partial charge in [-0.1, -0.05) is 23.7 Å². The maximum Gasteiger partial charge on any atom is 0.138 e. The van der Waals surface area contributed by atoms with E-state index in [1.165, 1.54) is 0 Å². The monoisotopic (exact) mass is 181 g/mol. The predicted octanol–water partition coefficient (Wildman–Crippen LogP) is 2.12. The lowest BCUT2D eigenvalue weighted by Crippen LogP contribution is -2.01. The van der Waals surface area contributed by atoms with Gasteiger partial charge in [-0.25, -0.2) is 0 Å². The molecule has 2 nitrogen and oxygen atoms in total. The molecule has 0 aromatic heterocycles. The summed E-state index contributed by atoms with van der Waals surface area (Å²) < 4.78 is 5.11. The molecule has 0 unspecified atom stereocenters. The first-order valence-electron chi connectivity index (χ1n) is 3.73. The van der Waals surface area contributed by atoms with E-state index in [1.54, 1.807) is 0 Å². The van der Waals surface area contributed by atoms with Crippen molar-refractivity contribution in [2.75, 3.05) is 13.3 Å². The fourth-order valence-electron chi connectivity index (χ4n) is 1.13. The molecule has 0 N–H and O–H groups in total. The molecule has 0 radical (unpaired) electrons. The molecule has 0 amide bonds. The number of aliphatic imine (C=N–C) groups is 1. The number of ether oxygens (including phenoxy) is 1. The quantitative estimate of drug-likeness (QED) is 0.651. The maximum absolute atomic E-state index is 5.75. The molecule has 0 aliphatic carbocycles. The number of halogens is 1. The van der Waals surface area contributed by atoms with Crippen molar-refractivity contribution in [3.8, 4) is 0 Å². The summed E-state index contributed by atoms with van der Waals surface area (Å²) in [5.41, 5.74) is 2.10. The summed E-state index contributed by atoms with van der Waals surface area (Å²) in [7, 11) is 0. The molecule has 0 saturated carbocycles.